The van der Waals surface area contributed by atoms with E-state index in [1.165, 1.54) is 16.3 Å². The molecule has 2 heterocycles. The van der Waals surface area contributed by atoms with Crippen LogP contribution in [0.3, 0.4) is 0 Å². The Hall–Kier alpha value is -3.25. The van der Waals surface area contributed by atoms with E-state index in [1.807, 2.05) is 4.90 Å². The number of anilines is 4. The van der Waals surface area contributed by atoms with E-state index in [9.17, 15) is 26.7 Å². The zero-order chi connectivity index (χ0) is 24.5. The molecule has 1 fully saturated rings. The molecule has 12 heteroatoms. The summed E-state index contributed by atoms with van der Waals surface area (Å²) in [5.74, 6) is -1.87. The van der Waals surface area contributed by atoms with E-state index in [-0.39, 0.29) is 10.9 Å². The molecule has 0 amide bonds. The fourth-order valence-corrected chi connectivity index (χ4v) is 5.23. The number of benzene rings is 2. The first-order valence-electron chi connectivity index (χ1n) is 10.3. The van der Waals surface area contributed by atoms with E-state index in [0.29, 0.717) is 31.9 Å². The number of nitrogen functional groups attached to an aromatic ring is 1. The lowest BCUT2D eigenvalue weighted by atomic mass is 10.2. The number of nitrogens with zero attached hydrogens (tertiary/aromatic N) is 3. The van der Waals surface area contributed by atoms with Gasteiger partial charge in [0.2, 0.25) is 0 Å². The predicted molar refractivity (Wildman–Crippen MR) is 122 cm³/mol. The highest BCUT2D eigenvalue weighted by atomic mass is 32.2. The van der Waals surface area contributed by atoms with E-state index < -0.39 is 45.5 Å². The molecular formula is C22H21F5N5OS+. The molecule has 0 aliphatic carbocycles. The molecular weight excluding hydrogens is 477 g/mol. The molecule has 180 valence electrons. The van der Waals surface area contributed by atoms with Crippen molar-refractivity contribution in [1.29, 1.82) is 0 Å². The zero-order valence-electron chi connectivity index (χ0n) is 17.8. The highest BCUT2D eigenvalue weighted by Crippen LogP contribution is 2.37. The highest BCUT2D eigenvalue weighted by molar-refractivity contribution is 7.54. The number of halogens is 5. The lowest BCUT2D eigenvalue weighted by Crippen LogP contribution is -2.49. The maximum Gasteiger partial charge on any atom is 0.401 e. The van der Waals surface area contributed by atoms with Crippen LogP contribution in [0.2, 0.25) is 0 Å². The second-order valence-electron chi connectivity index (χ2n) is 7.73. The zero-order valence-corrected chi connectivity index (χ0v) is 18.6. The number of thiazole rings is 1. The molecule has 1 aliphatic rings. The minimum atomic E-state index is -4.21. The summed E-state index contributed by atoms with van der Waals surface area (Å²) in [4.78, 5) is 20.3. The normalized spacial score (nSPS) is 15.4. The number of carbonyl (C=O) groups is 1. The summed E-state index contributed by atoms with van der Waals surface area (Å²) in [7, 11) is -1.41. The summed E-state index contributed by atoms with van der Waals surface area (Å²) >= 11 is 0. The van der Waals surface area contributed by atoms with Crippen LogP contribution in [0.4, 0.5) is 44.3 Å². The lowest BCUT2D eigenvalue weighted by molar-refractivity contribution is -0.146. The molecule has 1 atom stereocenters. The number of alkyl halides is 3. The van der Waals surface area contributed by atoms with Crippen molar-refractivity contribution in [2.45, 2.75) is 6.18 Å². The Kier molecular flexibility index (Phi) is 6.71. The minimum Gasteiger partial charge on any atom is -0.379 e. The monoisotopic (exact) mass is 498 g/mol. The van der Waals surface area contributed by atoms with Gasteiger partial charge in [-0.2, -0.15) is 18.2 Å². The van der Waals surface area contributed by atoms with Gasteiger partial charge in [0.25, 0.3) is 0 Å². The van der Waals surface area contributed by atoms with Gasteiger partial charge in [-0.3, -0.25) is 10.2 Å². The van der Waals surface area contributed by atoms with Gasteiger partial charge >= 0.3 is 16.4 Å². The van der Waals surface area contributed by atoms with E-state index in [4.69, 9.17) is 5.73 Å². The third-order valence-electron chi connectivity index (χ3n) is 5.30. The van der Waals surface area contributed by atoms with Crippen molar-refractivity contribution in [3.8, 4) is 0 Å². The quantitative estimate of drug-likeness (QED) is 0.376. The number of nitrogens with one attached hydrogen (secondary N) is 1. The highest BCUT2D eigenvalue weighted by Gasteiger charge is 2.34. The van der Waals surface area contributed by atoms with Crippen molar-refractivity contribution in [2.75, 3.05) is 48.7 Å². The third kappa shape index (κ3) is 5.45. The molecule has 0 bridgehead atoms. The van der Waals surface area contributed by atoms with Crippen molar-refractivity contribution < 1.29 is 26.7 Å². The van der Waals surface area contributed by atoms with Crippen LogP contribution in [0, 0.1) is 11.6 Å². The molecule has 0 saturated carbocycles. The van der Waals surface area contributed by atoms with Crippen LogP contribution < -0.4 is 16.0 Å². The molecule has 0 radical (unpaired) electrons. The first kappa shape index (κ1) is 23.9. The van der Waals surface area contributed by atoms with Gasteiger partial charge in [0.1, 0.15) is 27.7 Å². The molecule has 1 unspecified atom stereocenters. The number of hydrogen-bond acceptors (Lipinski definition) is 6. The topological polar surface area (TPSA) is 74.5 Å². The second-order valence-corrected chi connectivity index (χ2v) is 9.40. The third-order valence-corrected chi connectivity index (χ3v) is 6.99. The summed E-state index contributed by atoms with van der Waals surface area (Å²) in [6.45, 7) is 0.613. The van der Waals surface area contributed by atoms with Crippen LogP contribution in [-0.2, 0) is 0 Å². The first-order chi connectivity index (χ1) is 16.1. The summed E-state index contributed by atoms with van der Waals surface area (Å²) in [6, 6.07) is 10.2. The molecule has 1 aliphatic heterocycles. The molecule has 34 heavy (non-hydrogen) atoms. The van der Waals surface area contributed by atoms with Crippen molar-refractivity contribution >= 4 is 37.9 Å². The van der Waals surface area contributed by atoms with Gasteiger partial charge in [0.05, 0.1) is 6.54 Å². The molecule has 4 rings (SSSR count). The number of piperazine rings is 1. The van der Waals surface area contributed by atoms with Crippen LogP contribution in [0.5, 0.6) is 0 Å². The Bertz CT molecular complexity index is 1150. The van der Waals surface area contributed by atoms with Crippen molar-refractivity contribution in [2.24, 2.45) is 0 Å². The SMILES string of the molecule is Nc1c[s+](C(=O)c2c(F)cccc2F)c(Nc2ccc(N3CCN(CC(F)(F)F)CC3)cc2)n1. The minimum absolute atomic E-state index is 0.0595. The Labute approximate surface area is 194 Å². The average Bonchev–Trinajstić information content (AvgIpc) is 3.13. The maximum absolute atomic E-state index is 14.1. The summed E-state index contributed by atoms with van der Waals surface area (Å²) in [6.07, 6.45) is -4.21. The summed E-state index contributed by atoms with van der Waals surface area (Å²) < 4.78 is 65.9. The van der Waals surface area contributed by atoms with E-state index in [1.54, 1.807) is 24.3 Å². The van der Waals surface area contributed by atoms with Crippen LogP contribution >= 0.6 is 10.5 Å². The molecule has 3 N–H and O–H groups in total. The molecule has 6 nitrogen and oxygen atoms in total. The molecule has 0 spiro atoms. The first-order valence-corrected chi connectivity index (χ1v) is 11.6. The van der Waals surface area contributed by atoms with Crippen molar-refractivity contribution in [1.82, 2.24) is 9.88 Å². The standard InChI is InChI=1S/C22H21F5N5OS/c23-16-2-1-3-17(24)19(16)20(33)34-12-18(28)30-21(34)29-14-4-6-15(7-5-14)32-10-8-31(9-11-32)13-22(25,26)27/h1-7,12H,8-11,13,28H2,(H,29,30)/q+1. The van der Waals surface area contributed by atoms with E-state index >= 15 is 0 Å². The number of nitrogens with two attached hydrogens (primary N) is 1. The number of aromatic nitrogens is 1. The van der Waals surface area contributed by atoms with E-state index in [0.717, 1.165) is 17.8 Å². The van der Waals surface area contributed by atoms with E-state index in [2.05, 4.69) is 10.3 Å². The van der Waals surface area contributed by atoms with Crippen molar-refractivity contribution in [3.63, 3.8) is 0 Å². The van der Waals surface area contributed by atoms with Gasteiger partial charge < -0.3 is 10.6 Å². The van der Waals surface area contributed by atoms with Gasteiger partial charge in [-0.05, 0) is 36.4 Å². The number of hydrogen-bond donors (Lipinski definition) is 2. The second kappa shape index (κ2) is 9.55. The Morgan fingerprint density at radius 2 is 1.65 bits per heavy atom. The van der Waals surface area contributed by atoms with Gasteiger partial charge in [-0.1, -0.05) is 6.07 Å². The lowest BCUT2D eigenvalue weighted by Gasteiger charge is -2.36. The predicted octanol–water partition coefficient (Wildman–Crippen LogP) is 4.81. The molecule has 3 aromatic rings. The molecule has 1 saturated heterocycles. The Morgan fingerprint density at radius 3 is 2.24 bits per heavy atom. The fourth-order valence-electron chi connectivity index (χ4n) is 3.69. The van der Waals surface area contributed by atoms with Gasteiger partial charge in [0, 0.05) is 37.6 Å². The smallest absolute Gasteiger partial charge is 0.379 e. The van der Waals surface area contributed by atoms with Crippen LogP contribution in [0.25, 0.3) is 0 Å². The Morgan fingerprint density at radius 1 is 1.03 bits per heavy atom. The van der Waals surface area contributed by atoms with Crippen molar-refractivity contribution in [3.05, 3.63) is 65.0 Å². The number of rotatable bonds is 6. The van der Waals surface area contributed by atoms with Gasteiger partial charge in [-0.15, -0.1) is 0 Å². The molecule has 2 aromatic carbocycles. The fraction of sp³-hybridized carbons (Fsp3) is 0.273. The van der Waals surface area contributed by atoms with Crippen LogP contribution in [0.1, 0.15) is 10.4 Å². The maximum atomic E-state index is 14.1. The number of carbonyl (C=O) groups excluding carboxylic acids is 1. The summed E-state index contributed by atoms with van der Waals surface area (Å²) in [5, 5.41) is 3.72. The Balaban J connectivity index is 1.45. The average molecular weight is 499 g/mol. The van der Waals surface area contributed by atoms with Gasteiger partial charge in [-0.25, -0.2) is 13.6 Å². The molecule has 1 aromatic heterocycles. The van der Waals surface area contributed by atoms with Crippen LogP contribution in [0.15, 0.2) is 47.8 Å². The van der Waals surface area contributed by atoms with Gasteiger partial charge in [0.15, 0.2) is 11.2 Å². The summed E-state index contributed by atoms with van der Waals surface area (Å²) in [5.41, 5.74) is 6.51. The largest absolute Gasteiger partial charge is 0.401 e. The van der Waals surface area contributed by atoms with Crippen LogP contribution in [-0.4, -0.2) is 53.9 Å².